The van der Waals surface area contributed by atoms with E-state index in [2.05, 4.69) is 0 Å². The van der Waals surface area contributed by atoms with E-state index in [1.807, 2.05) is 33.8 Å². The van der Waals surface area contributed by atoms with Crippen LogP contribution in [-0.4, -0.2) is 25.2 Å². The van der Waals surface area contributed by atoms with E-state index in [-0.39, 0.29) is 18.8 Å². The van der Waals surface area contributed by atoms with Gasteiger partial charge in [0.25, 0.3) is 0 Å². The van der Waals surface area contributed by atoms with Crippen molar-refractivity contribution in [1.82, 2.24) is 0 Å². The normalized spacial score (nSPS) is 10.1. The van der Waals surface area contributed by atoms with E-state index in [9.17, 15) is 9.59 Å². The van der Waals surface area contributed by atoms with Crippen molar-refractivity contribution in [3.63, 3.8) is 0 Å². The highest BCUT2D eigenvalue weighted by Crippen LogP contribution is 2.24. The average Bonchev–Trinajstić information content (AvgIpc) is 2.45. The molecule has 1 aromatic rings. The molecule has 0 aliphatic carbocycles. The van der Waals surface area contributed by atoms with Gasteiger partial charge < -0.3 is 9.47 Å². The Bertz CT molecular complexity index is 592. The zero-order valence-electron chi connectivity index (χ0n) is 14.2. The molecular formula is C18H24O4. The molecule has 0 aliphatic heterocycles. The first kappa shape index (κ1) is 18.0. The number of carbonyl (C=O) groups is 2. The third-order valence-electron chi connectivity index (χ3n) is 3.70. The molecule has 1 aromatic carbocycles. The summed E-state index contributed by atoms with van der Waals surface area (Å²) in [5.41, 5.74) is 5.16. The minimum absolute atomic E-state index is 0.0712. The monoisotopic (exact) mass is 304 g/mol. The number of aryl methyl sites for hydroxylation is 2. The van der Waals surface area contributed by atoms with Crippen molar-refractivity contribution in [3.05, 3.63) is 39.5 Å². The summed E-state index contributed by atoms with van der Waals surface area (Å²) in [7, 11) is 0. The molecule has 0 spiro atoms. The van der Waals surface area contributed by atoms with E-state index in [1.165, 1.54) is 5.56 Å². The highest BCUT2D eigenvalue weighted by molar-refractivity contribution is 6.17. The summed E-state index contributed by atoms with van der Waals surface area (Å²) >= 11 is 0. The predicted molar refractivity (Wildman–Crippen MR) is 86.6 cm³/mol. The highest BCUT2D eigenvalue weighted by atomic mass is 16.6. The largest absolute Gasteiger partial charge is 0.462 e. The zero-order chi connectivity index (χ0) is 16.9. The van der Waals surface area contributed by atoms with Crippen LogP contribution in [-0.2, 0) is 19.1 Å². The Balaban J connectivity index is 3.42. The van der Waals surface area contributed by atoms with Gasteiger partial charge in [-0.25, -0.2) is 9.59 Å². The number of rotatable bonds is 5. The molecule has 0 amide bonds. The van der Waals surface area contributed by atoms with Gasteiger partial charge in [-0.1, -0.05) is 6.07 Å². The molecule has 0 unspecified atom stereocenters. The number of carbonyl (C=O) groups excluding carboxylic acids is 2. The highest BCUT2D eigenvalue weighted by Gasteiger charge is 2.22. The third kappa shape index (κ3) is 3.97. The Morgan fingerprint density at radius 3 is 1.86 bits per heavy atom. The molecule has 1 rings (SSSR count). The van der Waals surface area contributed by atoms with Gasteiger partial charge in [0.05, 0.1) is 13.2 Å². The van der Waals surface area contributed by atoms with Crippen LogP contribution in [0.5, 0.6) is 0 Å². The van der Waals surface area contributed by atoms with Crippen molar-refractivity contribution in [2.75, 3.05) is 13.2 Å². The van der Waals surface area contributed by atoms with E-state index in [0.29, 0.717) is 0 Å². The summed E-state index contributed by atoms with van der Waals surface area (Å²) in [6.07, 6.45) is 1.58. The zero-order valence-corrected chi connectivity index (χ0v) is 14.2. The van der Waals surface area contributed by atoms with Crippen molar-refractivity contribution in [3.8, 4) is 0 Å². The summed E-state index contributed by atoms with van der Waals surface area (Å²) in [6, 6.07) is 2.04. The van der Waals surface area contributed by atoms with Gasteiger partial charge in [-0.2, -0.15) is 0 Å². The molecule has 0 saturated carbocycles. The smallest absolute Gasteiger partial charge is 0.345 e. The van der Waals surface area contributed by atoms with Crippen molar-refractivity contribution in [2.45, 2.75) is 41.5 Å². The van der Waals surface area contributed by atoms with E-state index in [4.69, 9.17) is 9.47 Å². The van der Waals surface area contributed by atoms with E-state index in [0.717, 1.165) is 22.3 Å². The van der Waals surface area contributed by atoms with E-state index < -0.39 is 11.9 Å². The molecule has 22 heavy (non-hydrogen) atoms. The number of esters is 2. The third-order valence-corrected chi connectivity index (χ3v) is 3.70. The lowest BCUT2D eigenvalue weighted by Gasteiger charge is -2.13. The van der Waals surface area contributed by atoms with Crippen LogP contribution in [0.1, 0.15) is 41.7 Å². The molecule has 0 heterocycles. The number of benzene rings is 1. The maximum absolute atomic E-state index is 12.0. The molecule has 4 nitrogen and oxygen atoms in total. The van der Waals surface area contributed by atoms with Crippen molar-refractivity contribution >= 4 is 18.0 Å². The van der Waals surface area contributed by atoms with Crippen LogP contribution in [0, 0.1) is 27.7 Å². The van der Waals surface area contributed by atoms with Crippen LogP contribution >= 0.6 is 0 Å². The molecule has 0 atom stereocenters. The van der Waals surface area contributed by atoms with Gasteiger partial charge in [0.15, 0.2) is 0 Å². The molecule has 4 heteroatoms. The average molecular weight is 304 g/mol. The van der Waals surface area contributed by atoms with Crippen LogP contribution in [0.2, 0.25) is 0 Å². The fourth-order valence-electron chi connectivity index (χ4n) is 2.29. The lowest BCUT2D eigenvalue weighted by Crippen LogP contribution is -2.18. The van der Waals surface area contributed by atoms with E-state index in [1.54, 1.807) is 19.9 Å². The van der Waals surface area contributed by atoms with Gasteiger partial charge in [0.1, 0.15) is 5.57 Å². The first-order valence-corrected chi connectivity index (χ1v) is 7.46. The van der Waals surface area contributed by atoms with Gasteiger partial charge in [-0.15, -0.1) is 0 Å². The topological polar surface area (TPSA) is 52.6 Å². The standard InChI is InChI=1S/C18H24O4/c1-7-21-17(19)16(18(20)22-8-2)10-15-12(4)9-11(3)13(5)14(15)6/h9-10H,7-8H2,1-6H3. The Labute approximate surface area is 132 Å². The molecule has 0 saturated heterocycles. The summed E-state index contributed by atoms with van der Waals surface area (Å²) in [4.78, 5) is 24.1. The Morgan fingerprint density at radius 1 is 0.909 bits per heavy atom. The van der Waals surface area contributed by atoms with Gasteiger partial charge in [-0.3, -0.25) is 0 Å². The first-order chi connectivity index (χ1) is 10.3. The van der Waals surface area contributed by atoms with Crippen molar-refractivity contribution in [1.29, 1.82) is 0 Å². The molecule has 0 aliphatic rings. The lowest BCUT2D eigenvalue weighted by molar-refractivity contribution is -0.146. The van der Waals surface area contributed by atoms with Crippen molar-refractivity contribution < 1.29 is 19.1 Å². The minimum atomic E-state index is -0.655. The maximum atomic E-state index is 12.0. The molecule has 0 radical (unpaired) electrons. The summed E-state index contributed by atoms with van der Waals surface area (Å²) in [5.74, 6) is -1.31. The quantitative estimate of drug-likeness (QED) is 0.362. The SMILES string of the molecule is CCOC(=O)C(=Cc1c(C)cc(C)c(C)c1C)C(=O)OCC. The Hall–Kier alpha value is -2.10. The molecule has 120 valence electrons. The van der Waals surface area contributed by atoms with Gasteiger partial charge in [0.2, 0.25) is 0 Å². The molecule has 0 aromatic heterocycles. The first-order valence-electron chi connectivity index (χ1n) is 7.46. The molecule has 0 N–H and O–H groups in total. The minimum Gasteiger partial charge on any atom is -0.462 e. The Morgan fingerprint density at radius 2 is 1.41 bits per heavy atom. The van der Waals surface area contributed by atoms with Crippen molar-refractivity contribution in [2.24, 2.45) is 0 Å². The summed E-state index contributed by atoms with van der Waals surface area (Å²) < 4.78 is 9.94. The second-order valence-corrected chi connectivity index (χ2v) is 5.17. The van der Waals surface area contributed by atoms with Crippen LogP contribution < -0.4 is 0 Å². The van der Waals surface area contributed by atoms with Gasteiger partial charge >= 0.3 is 11.9 Å². The number of ether oxygens (including phenoxy) is 2. The van der Waals surface area contributed by atoms with Crippen LogP contribution in [0.25, 0.3) is 6.08 Å². The molecular weight excluding hydrogens is 280 g/mol. The second-order valence-electron chi connectivity index (χ2n) is 5.17. The van der Waals surface area contributed by atoms with Crippen LogP contribution in [0.15, 0.2) is 11.6 Å². The van der Waals surface area contributed by atoms with Crippen LogP contribution in [0.3, 0.4) is 0 Å². The Kier molecular flexibility index (Phi) is 6.35. The lowest BCUT2D eigenvalue weighted by atomic mass is 9.93. The predicted octanol–water partition coefficient (Wildman–Crippen LogP) is 3.43. The van der Waals surface area contributed by atoms with Crippen LogP contribution in [0.4, 0.5) is 0 Å². The van der Waals surface area contributed by atoms with Gasteiger partial charge in [0, 0.05) is 0 Å². The second kappa shape index (κ2) is 7.78. The molecule has 0 fully saturated rings. The summed E-state index contributed by atoms with van der Waals surface area (Å²) in [6.45, 7) is 11.8. The van der Waals surface area contributed by atoms with Gasteiger partial charge in [-0.05, 0) is 75.4 Å². The van der Waals surface area contributed by atoms with E-state index >= 15 is 0 Å². The maximum Gasteiger partial charge on any atom is 0.345 e. The fourth-order valence-corrected chi connectivity index (χ4v) is 2.29. The fraction of sp³-hybridized carbons (Fsp3) is 0.444. The number of hydrogen-bond donors (Lipinski definition) is 0. The number of hydrogen-bond acceptors (Lipinski definition) is 4. The molecule has 0 bridgehead atoms. The summed E-state index contributed by atoms with van der Waals surface area (Å²) in [5, 5.41) is 0.